The predicted octanol–water partition coefficient (Wildman–Crippen LogP) is 3.96. The van der Waals surface area contributed by atoms with Crippen molar-refractivity contribution in [1.29, 1.82) is 0 Å². The van der Waals surface area contributed by atoms with Gasteiger partial charge in [-0.05, 0) is 31.2 Å². The molecule has 0 aliphatic carbocycles. The van der Waals surface area contributed by atoms with Crippen LogP contribution in [0.3, 0.4) is 0 Å². The van der Waals surface area contributed by atoms with Crippen LogP contribution in [0.25, 0.3) is 5.76 Å². The van der Waals surface area contributed by atoms with Crippen molar-refractivity contribution in [3.05, 3.63) is 53.6 Å². The molecule has 0 fully saturated rings. The quantitative estimate of drug-likeness (QED) is 0.605. The summed E-state index contributed by atoms with van der Waals surface area (Å²) in [6.07, 6.45) is 0. The number of carboxylic acid groups (broad SMARTS) is 1. The van der Waals surface area contributed by atoms with E-state index in [4.69, 9.17) is 18.9 Å². The minimum Gasteiger partial charge on any atom is -0.497 e. The first-order chi connectivity index (χ1) is 12.0. The Labute approximate surface area is 146 Å². The molecule has 0 amide bonds. The van der Waals surface area contributed by atoms with Crippen LogP contribution in [-0.2, 0) is 9.53 Å². The van der Waals surface area contributed by atoms with Crippen LogP contribution in [0.15, 0.2) is 48.0 Å². The summed E-state index contributed by atoms with van der Waals surface area (Å²) in [6, 6.07) is 12.2. The highest BCUT2D eigenvalue weighted by molar-refractivity contribution is 5.94. The number of hydrogen-bond acceptors (Lipinski definition) is 5. The number of rotatable bonds is 7. The highest BCUT2D eigenvalue weighted by Gasteiger charge is 2.18. The fraction of sp³-hybridized carbons (Fsp3) is 0.211. The summed E-state index contributed by atoms with van der Waals surface area (Å²) < 4.78 is 21.8. The van der Waals surface area contributed by atoms with Gasteiger partial charge in [0, 0.05) is 6.07 Å². The van der Waals surface area contributed by atoms with Gasteiger partial charge < -0.3 is 24.1 Å². The number of aliphatic carboxylic acids is 1. The Morgan fingerprint density at radius 1 is 0.920 bits per heavy atom. The number of para-hydroxylation sites is 1. The molecule has 0 saturated heterocycles. The van der Waals surface area contributed by atoms with Gasteiger partial charge in [-0.25, -0.2) is 4.79 Å². The SMILES string of the molecule is COC(=C(C)C(=O)O)c1ccccc1Oc1cc(OC)ccc1OC. The average Bonchev–Trinajstić information content (AvgIpc) is 2.63. The maximum atomic E-state index is 11.3. The molecule has 6 heteroatoms. The summed E-state index contributed by atoms with van der Waals surface area (Å²) >= 11 is 0. The molecular weight excluding hydrogens is 324 g/mol. The van der Waals surface area contributed by atoms with E-state index >= 15 is 0 Å². The number of hydrogen-bond donors (Lipinski definition) is 1. The Morgan fingerprint density at radius 3 is 2.24 bits per heavy atom. The van der Waals surface area contributed by atoms with Gasteiger partial charge in [-0.1, -0.05) is 12.1 Å². The van der Waals surface area contributed by atoms with E-state index in [0.717, 1.165) is 0 Å². The molecule has 2 aromatic carbocycles. The Morgan fingerprint density at radius 2 is 1.64 bits per heavy atom. The molecule has 2 rings (SSSR count). The maximum absolute atomic E-state index is 11.3. The van der Waals surface area contributed by atoms with Crippen molar-refractivity contribution in [2.75, 3.05) is 21.3 Å². The van der Waals surface area contributed by atoms with Crippen molar-refractivity contribution >= 4 is 11.7 Å². The van der Waals surface area contributed by atoms with Gasteiger partial charge in [0.2, 0.25) is 0 Å². The number of carbonyl (C=O) groups is 1. The van der Waals surface area contributed by atoms with Crippen LogP contribution in [0.4, 0.5) is 0 Å². The first kappa shape index (κ1) is 18.2. The molecule has 0 saturated carbocycles. The molecule has 0 bridgehead atoms. The van der Waals surface area contributed by atoms with E-state index in [1.165, 1.54) is 21.1 Å². The minimum atomic E-state index is -1.06. The maximum Gasteiger partial charge on any atom is 0.335 e. The third-order valence-corrected chi connectivity index (χ3v) is 3.59. The molecule has 0 radical (unpaired) electrons. The molecule has 0 aromatic heterocycles. The van der Waals surface area contributed by atoms with Crippen molar-refractivity contribution in [2.24, 2.45) is 0 Å². The molecule has 0 heterocycles. The molecule has 0 aliphatic heterocycles. The Bertz CT molecular complexity index is 794. The lowest BCUT2D eigenvalue weighted by atomic mass is 10.1. The number of benzene rings is 2. The third-order valence-electron chi connectivity index (χ3n) is 3.59. The van der Waals surface area contributed by atoms with Crippen molar-refractivity contribution in [3.63, 3.8) is 0 Å². The molecule has 0 unspecified atom stereocenters. The summed E-state index contributed by atoms with van der Waals surface area (Å²) in [5.74, 6) is 1.17. The molecular formula is C19H20O6. The standard InChI is InChI=1S/C19H20O6/c1-12(19(20)21)18(24-4)14-7-5-6-8-15(14)25-17-11-13(22-2)9-10-16(17)23-3/h5-11H,1-4H3,(H,20,21). The number of carboxylic acids is 1. The Hall–Kier alpha value is -3.15. The van der Waals surface area contributed by atoms with Crippen LogP contribution in [0.2, 0.25) is 0 Å². The van der Waals surface area contributed by atoms with E-state index in [2.05, 4.69) is 0 Å². The van der Waals surface area contributed by atoms with Gasteiger partial charge in [0.25, 0.3) is 0 Å². The topological polar surface area (TPSA) is 74.2 Å². The fourth-order valence-corrected chi connectivity index (χ4v) is 2.29. The van der Waals surface area contributed by atoms with Gasteiger partial charge in [-0.3, -0.25) is 0 Å². The van der Waals surface area contributed by atoms with Crippen LogP contribution in [0, 0.1) is 0 Å². The second kappa shape index (κ2) is 8.10. The number of ether oxygens (including phenoxy) is 4. The zero-order valence-electron chi connectivity index (χ0n) is 14.5. The van der Waals surface area contributed by atoms with Crippen LogP contribution in [0.5, 0.6) is 23.0 Å². The van der Waals surface area contributed by atoms with Gasteiger partial charge in [-0.2, -0.15) is 0 Å². The Kier molecular flexibility index (Phi) is 5.89. The van der Waals surface area contributed by atoms with Crippen molar-refractivity contribution in [3.8, 4) is 23.0 Å². The summed E-state index contributed by atoms with van der Waals surface area (Å²) in [7, 11) is 4.52. The molecule has 2 aromatic rings. The van der Waals surface area contributed by atoms with E-state index < -0.39 is 5.97 Å². The first-order valence-corrected chi connectivity index (χ1v) is 7.49. The van der Waals surface area contributed by atoms with Crippen LogP contribution in [-0.4, -0.2) is 32.4 Å². The van der Waals surface area contributed by atoms with Crippen LogP contribution < -0.4 is 14.2 Å². The van der Waals surface area contributed by atoms with E-state index in [-0.39, 0.29) is 11.3 Å². The van der Waals surface area contributed by atoms with Crippen molar-refractivity contribution < 1.29 is 28.8 Å². The monoisotopic (exact) mass is 344 g/mol. The molecule has 25 heavy (non-hydrogen) atoms. The van der Waals surface area contributed by atoms with Gasteiger partial charge in [0.1, 0.15) is 17.3 Å². The smallest absolute Gasteiger partial charge is 0.335 e. The summed E-state index contributed by atoms with van der Waals surface area (Å²) in [5, 5.41) is 9.26. The highest BCUT2D eigenvalue weighted by Crippen LogP contribution is 2.38. The van der Waals surface area contributed by atoms with E-state index in [0.29, 0.717) is 28.6 Å². The fourth-order valence-electron chi connectivity index (χ4n) is 2.29. The average molecular weight is 344 g/mol. The van der Waals surface area contributed by atoms with Gasteiger partial charge >= 0.3 is 5.97 Å². The molecule has 132 valence electrons. The molecule has 0 spiro atoms. The van der Waals surface area contributed by atoms with Gasteiger partial charge in [-0.15, -0.1) is 0 Å². The second-order valence-corrected chi connectivity index (χ2v) is 5.08. The first-order valence-electron chi connectivity index (χ1n) is 7.49. The molecule has 0 aliphatic rings. The van der Waals surface area contributed by atoms with Gasteiger partial charge in [0.15, 0.2) is 11.5 Å². The van der Waals surface area contributed by atoms with E-state index in [9.17, 15) is 9.90 Å². The van der Waals surface area contributed by atoms with Crippen LogP contribution >= 0.6 is 0 Å². The summed E-state index contributed by atoms with van der Waals surface area (Å²) in [4.78, 5) is 11.3. The Balaban J connectivity index is 2.53. The lowest BCUT2D eigenvalue weighted by Crippen LogP contribution is -2.03. The lowest BCUT2D eigenvalue weighted by molar-refractivity contribution is -0.132. The third kappa shape index (κ3) is 4.03. The predicted molar refractivity (Wildman–Crippen MR) is 93.3 cm³/mol. The zero-order chi connectivity index (χ0) is 18.4. The van der Waals surface area contributed by atoms with Crippen LogP contribution in [0.1, 0.15) is 12.5 Å². The molecule has 0 atom stereocenters. The van der Waals surface area contributed by atoms with E-state index in [1.54, 1.807) is 49.6 Å². The van der Waals surface area contributed by atoms with Crippen molar-refractivity contribution in [2.45, 2.75) is 6.92 Å². The molecule has 6 nitrogen and oxygen atoms in total. The zero-order valence-corrected chi connectivity index (χ0v) is 14.5. The van der Waals surface area contributed by atoms with Gasteiger partial charge in [0.05, 0.1) is 32.5 Å². The number of methoxy groups -OCH3 is 3. The summed E-state index contributed by atoms with van der Waals surface area (Å²) in [6.45, 7) is 1.48. The highest BCUT2D eigenvalue weighted by atomic mass is 16.5. The summed E-state index contributed by atoms with van der Waals surface area (Å²) in [5.41, 5.74) is 0.603. The second-order valence-electron chi connectivity index (χ2n) is 5.08. The minimum absolute atomic E-state index is 0.0798. The largest absolute Gasteiger partial charge is 0.497 e. The van der Waals surface area contributed by atoms with E-state index in [1.807, 2.05) is 0 Å². The lowest BCUT2D eigenvalue weighted by Gasteiger charge is -2.16. The van der Waals surface area contributed by atoms with Crippen molar-refractivity contribution in [1.82, 2.24) is 0 Å². The molecule has 1 N–H and O–H groups in total. The normalized spacial score (nSPS) is 11.4.